The Bertz CT molecular complexity index is 2170. The summed E-state index contributed by atoms with van der Waals surface area (Å²) in [6.07, 6.45) is 14.3. The van der Waals surface area contributed by atoms with Crippen LogP contribution in [-0.4, -0.2) is 145 Å². The van der Waals surface area contributed by atoms with Gasteiger partial charge in [0.25, 0.3) is 11.7 Å². The van der Waals surface area contributed by atoms with Crippen molar-refractivity contribution in [3.8, 4) is 0 Å². The van der Waals surface area contributed by atoms with Gasteiger partial charge in [-0.1, -0.05) is 101 Å². The van der Waals surface area contributed by atoms with E-state index in [1.807, 2.05) is 76.3 Å². The fourth-order valence-electron chi connectivity index (χ4n) is 11.7. The number of allylic oxidation sites excluding steroid dienone is 6. The topological polar surface area (TPSA) is 205 Å². The highest BCUT2D eigenvalue weighted by Crippen LogP contribution is 2.38. The first kappa shape index (κ1) is 63.6. The number of cyclic esters (lactones) is 1. The first-order valence-corrected chi connectivity index (χ1v) is 28.7. The molecule has 15 nitrogen and oxygen atoms in total. The number of aliphatic hydroxyl groups excluding tert-OH is 2. The number of aliphatic hydroxyl groups is 3. The number of rotatable bonds is 14. The molecule has 2 bridgehead atoms. The van der Waals surface area contributed by atoms with Crippen molar-refractivity contribution in [3.05, 3.63) is 83.5 Å². The predicted octanol–water partition coefficient (Wildman–Crippen LogP) is 8.59. The third kappa shape index (κ3) is 18.4. The Kier molecular flexibility index (Phi) is 26.1. The average molecular weight is 1080 g/mol. The molecule has 3 N–H and O–H groups in total. The summed E-state index contributed by atoms with van der Waals surface area (Å²) in [6.45, 7) is 13.6. The Morgan fingerprint density at radius 1 is 0.818 bits per heavy atom. The number of benzene rings is 1. The maximum absolute atomic E-state index is 14.7. The number of aryl methyl sites for hydroxylation is 1. The molecule has 3 unspecified atom stereocenters. The Morgan fingerprint density at radius 2 is 1.56 bits per heavy atom. The molecule has 1 aromatic rings. The van der Waals surface area contributed by atoms with Crippen molar-refractivity contribution in [2.45, 2.75) is 199 Å². The van der Waals surface area contributed by atoms with E-state index >= 15 is 0 Å². The van der Waals surface area contributed by atoms with E-state index in [1.54, 1.807) is 34.0 Å². The lowest BCUT2D eigenvalue weighted by molar-refractivity contribution is -0.266. The highest BCUT2D eigenvalue weighted by atomic mass is 16.6. The van der Waals surface area contributed by atoms with Crippen molar-refractivity contribution in [1.29, 1.82) is 0 Å². The van der Waals surface area contributed by atoms with Gasteiger partial charge in [-0.2, -0.15) is 0 Å². The minimum absolute atomic E-state index is 0.00612. The molecule has 3 aliphatic heterocycles. The molecule has 3 fully saturated rings. The molecular formula is C62H93NO14. The smallest absolute Gasteiger partial charge is 0.329 e. The minimum Gasteiger partial charge on any atom is -0.460 e. The largest absolute Gasteiger partial charge is 0.460 e. The summed E-state index contributed by atoms with van der Waals surface area (Å²) in [4.78, 5) is 73.0. The molecule has 0 radical (unpaired) electrons. The molecule has 1 saturated carbocycles. The van der Waals surface area contributed by atoms with Crippen molar-refractivity contribution >= 4 is 29.2 Å². The molecule has 2 saturated heterocycles. The second kappa shape index (κ2) is 31.6. The molecule has 5 rings (SSSR count). The fraction of sp³-hybridized carbons (Fsp3) is 0.694. The molecule has 430 valence electrons. The van der Waals surface area contributed by atoms with E-state index in [-0.39, 0.29) is 80.5 Å². The minimum atomic E-state index is -2.47. The van der Waals surface area contributed by atoms with Crippen LogP contribution in [0.2, 0.25) is 0 Å². The van der Waals surface area contributed by atoms with Crippen molar-refractivity contribution in [1.82, 2.24) is 4.90 Å². The highest BCUT2D eigenvalue weighted by Gasteiger charge is 2.53. The number of amides is 1. The van der Waals surface area contributed by atoms with Crippen LogP contribution < -0.4 is 0 Å². The van der Waals surface area contributed by atoms with E-state index in [2.05, 4.69) is 12.1 Å². The van der Waals surface area contributed by atoms with E-state index in [0.29, 0.717) is 63.5 Å². The first-order valence-electron chi connectivity index (χ1n) is 28.7. The normalized spacial score (nSPS) is 35.9. The van der Waals surface area contributed by atoms with Gasteiger partial charge in [0.2, 0.25) is 5.79 Å². The van der Waals surface area contributed by atoms with Crippen LogP contribution in [0.15, 0.2) is 77.9 Å². The summed E-state index contributed by atoms with van der Waals surface area (Å²) in [5, 5.41) is 33.3. The van der Waals surface area contributed by atoms with Crippen molar-refractivity contribution < 1.29 is 67.7 Å². The number of piperidine rings is 1. The third-order valence-corrected chi connectivity index (χ3v) is 16.6. The van der Waals surface area contributed by atoms with Crippen LogP contribution in [0.3, 0.4) is 0 Å². The lowest BCUT2D eigenvalue weighted by Crippen LogP contribution is -2.61. The number of Topliss-reactive ketones (excluding diaryl/α,β-unsaturated/α-hetero) is 3. The zero-order valence-electron chi connectivity index (χ0n) is 47.6. The predicted molar refractivity (Wildman–Crippen MR) is 294 cm³/mol. The van der Waals surface area contributed by atoms with E-state index in [4.69, 9.17) is 28.4 Å². The molecule has 1 aliphatic carbocycles. The monoisotopic (exact) mass is 1080 g/mol. The van der Waals surface area contributed by atoms with Crippen molar-refractivity contribution in [2.75, 3.05) is 40.6 Å². The van der Waals surface area contributed by atoms with Crippen LogP contribution in [0, 0.1) is 35.5 Å². The summed E-state index contributed by atoms with van der Waals surface area (Å²) in [5.74, 6) is -8.04. The fourth-order valence-corrected chi connectivity index (χ4v) is 11.7. The molecule has 3 heterocycles. The Labute approximate surface area is 459 Å². The number of esters is 1. The van der Waals surface area contributed by atoms with Crippen LogP contribution in [-0.2, 0) is 58.8 Å². The SMILES string of the molecule is CO[C@@H]1C[C@H](C[C@@H](C)C2CC(=O)[C@H](C)/C=C(\C)[C@@H](O)[C@@H](OC)C(=O)[C@H](C)C[C@H](C)/C=C/C=C/C=C(\C)C(OCCCO)CC3CC[C@@H](C)[C@@](O)(O3)C(=O)C(=O)N3CCCC[C@H]3C(=O)O2)CC[C@H]1OCCCc1ccccc1. The molecule has 15 atom stereocenters. The van der Waals surface area contributed by atoms with Gasteiger partial charge >= 0.3 is 5.97 Å². The van der Waals surface area contributed by atoms with E-state index < -0.39 is 77.8 Å². The van der Waals surface area contributed by atoms with Gasteiger partial charge in [0.1, 0.15) is 30.1 Å². The van der Waals surface area contributed by atoms with Gasteiger partial charge in [-0.3, -0.25) is 19.2 Å². The van der Waals surface area contributed by atoms with Gasteiger partial charge in [-0.15, -0.1) is 0 Å². The van der Waals surface area contributed by atoms with Crippen LogP contribution in [0.4, 0.5) is 0 Å². The number of fused-ring (bicyclic) bond motifs is 3. The molecule has 77 heavy (non-hydrogen) atoms. The van der Waals surface area contributed by atoms with Crippen LogP contribution in [0.1, 0.15) is 144 Å². The molecule has 1 amide bonds. The van der Waals surface area contributed by atoms with E-state index in [1.165, 1.54) is 17.6 Å². The van der Waals surface area contributed by atoms with Crippen LogP contribution >= 0.6 is 0 Å². The number of ketones is 3. The Balaban J connectivity index is 1.43. The standard InChI is InChI=1S/C62H93NO14/c1-40-20-12-10-13-21-41(2)53(75-33-19-31-64)38-49-28-26-46(7)62(71,77-49)59(68)60(69)63-30-17-16-25-50(63)61(70)76-54(39-51(65)42(3)35-45(6)57(67)58(73-9)56(66)44(5)34-40)43(4)36-48-27-29-52(55(37-48)72-8)74-32-18-24-47-22-14-11-15-23-47/h10-15,20-23,35,40,42-44,46,48-50,52-55,57-58,64,67,71H,16-19,24-34,36-39H2,1-9H3/b13-10+,20-12+,41-21+,45-35+/t40-,42-,43-,44-,46-,48+,49?,50+,52-,53?,54?,55-,57-,58+,62-/m1/s1. The first-order chi connectivity index (χ1) is 36.8. The lowest BCUT2D eigenvalue weighted by Gasteiger charge is -2.43. The Morgan fingerprint density at radius 3 is 2.27 bits per heavy atom. The summed E-state index contributed by atoms with van der Waals surface area (Å²) in [5.41, 5.74) is 2.49. The maximum Gasteiger partial charge on any atom is 0.329 e. The van der Waals surface area contributed by atoms with Gasteiger partial charge < -0.3 is 48.6 Å². The number of ether oxygens (including phenoxy) is 6. The van der Waals surface area contributed by atoms with Crippen LogP contribution in [0.5, 0.6) is 0 Å². The van der Waals surface area contributed by atoms with E-state index in [9.17, 15) is 39.3 Å². The molecular weight excluding hydrogens is 983 g/mol. The van der Waals surface area contributed by atoms with Crippen molar-refractivity contribution in [2.24, 2.45) is 35.5 Å². The number of carbonyl (C=O) groups is 5. The Hall–Kier alpha value is -4.19. The second-order valence-corrected chi connectivity index (χ2v) is 22.7. The number of carbonyl (C=O) groups excluding carboxylic acids is 5. The zero-order valence-corrected chi connectivity index (χ0v) is 47.6. The number of nitrogens with zero attached hydrogens (tertiary/aromatic N) is 1. The number of hydrogen-bond acceptors (Lipinski definition) is 14. The van der Waals surface area contributed by atoms with Crippen LogP contribution in [0.25, 0.3) is 0 Å². The summed E-state index contributed by atoms with van der Waals surface area (Å²) in [6, 6.07) is 9.16. The lowest BCUT2D eigenvalue weighted by atomic mass is 9.78. The van der Waals surface area contributed by atoms with Crippen molar-refractivity contribution in [3.63, 3.8) is 0 Å². The summed E-state index contributed by atoms with van der Waals surface area (Å²) >= 11 is 0. The quantitative estimate of drug-likeness (QED) is 0.0691. The van der Waals surface area contributed by atoms with Gasteiger partial charge in [-0.05, 0) is 132 Å². The maximum atomic E-state index is 14.7. The van der Waals surface area contributed by atoms with E-state index in [0.717, 1.165) is 31.3 Å². The number of hydrogen-bond donors (Lipinski definition) is 3. The molecule has 1 aromatic carbocycles. The van der Waals surface area contributed by atoms with Gasteiger partial charge in [0.05, 0.1) is 24.4 Å². The zero-order chi connectivity index (χ0) is 56.2. The summed E-state index contributed by atoms with van der Waals surface area (Å²) < 4.78 is 36.9. The molecule has 0 aromatic heterocycles. The van der Waals surface area contributed by atoms with Gasteiger partial charge in [0.15, 0.2) is 5.78 Å². The highest BCUT2D eigenvalue weighted by molar-refractivity contribution is 6.39. The second-order valence-electron chi connectivity index (χ2n) is 22.7. The third-order valence-electron chi connectivity index (χ3n) is 16.6. The molecule has 15 heteroatoms. The summed E-state index contributed by atoms with van der Waals surface area (Å²) in [7, 11) is 3.08. The molecule has 4 aliphatic rings. The molecule has 0 spiro atoms. The number of methoxy groups -OCH3 is 2. The van der Waals surface area contributed by atoms with Gasteiger partial charge in [-0.25, -0.2) is 4.79 Å². The van der Waals surface area contributed by atoms with Gasteiger partial charge in [0, 0.05) is 71.2 Å². The average Bonchev–Trinajstić information content (AvgIpc) is 3.43.